The maximum atomic E-state index is 13.1. The van der Waals surface area contributed by atoms with Gasteiger partial charge in [-0.25, -0.2) is 13.2 Å². The monoisotopic (exact) mass is 475 g/mol. The molecule has 9 nitrogen and oxygen atoms in total. The minimum atomic E-state index is -3.78. The van der Waals surface area contributed by atoms with E-state index in [0.717, 1.165) is 12.8 Å². The van der Waals surface area contributed by atoms with Gasteiger partial charge in [-0.1, -0.05) is 19.9 Å². The van der Waals surface area contributed by atoms with Crippen LogP contribution in [0.3, 0.4) is 0 Å². The third-order valence-electron chi connectivity index (χ3n) is 5.02. The second-order valence-electron chi connectivity index (χ2n) is 8.13. The molecule has 0 bridgehead atoms. The Labute approximate surface area is 194 Å². The Morgan fingerprint density at radius 3 is 2.33 bits per heavy atom. The average Bonchev–Trinajstić information content (AvgIpc) is 3.33. The number of rotatable bonds is 8. The molecule has 1 fully saturated rings. The van der Waals surface area contributed by atoms with Gasteiger partial charge in [0.1, 0.15) is 10.6 Å². The number of carbonyl (C=O) groups is 2. The van der Waals surface area contributed by atoms with Crippen LogP contribution in [0.5, 0.6) is 5.75 Å². The molecule has 3 rings (SSSR count). The highest BCUT2D eigenvalue weighted by Crippen LogP contribution is 2.30. The topological polar surface area (TPSA) is 114 Å². The van der Waals surface area contributed by atoms with Crippen molar-refractivity contribution >= 4 is 33.4 Å². The second-order valence-corrected chi connectivity index (χ2v) is 10.0. The molecule has 0 spiro atoms. The number of hydrogen-bond acceptors (Lipinski definition) is 6. The number of methoxy groups -OCH3 is 1. The fourth-order valence-corrected chi connectivity index (χ4v) is 5.06. The molecule has 178 valence electrons. The van der Waals surface area contributed by atoms with E-state index in [-0.39, 0.29) is 22.1 Å². The first kappa shape index (κ1) is 24.5. The first-order valence-corrected chi connectivity index (χ1v) is 12.2. The molecule has 0 unspecified atom stereocenters. The molecule has 0 radical (unpaired) electrons. The van der Waals surface area contributed by atoms with Crippen LogP contribution >= 0.6 is 0 Å². The average molecular weight is 476 g/mol. The molecule has 1 heterocycles. The fourth-order valence-electron chi connectivity index (χ4n) is 3.36. The van der Waals surface area contributed by atoms with Crippen LogP contribution < -0.4 is 15.4 Å². The Hall–Kier alpha value is -3.11. The van der Waals surface area contributed by atoms with E-state index in [1.54, 1.807) is 24.3 Å². The molecule has 0 aliphatic carbocycles. The predicted octanol–water partition coefficient (Wildman–Crippen LogP) is 3.94. The lowest BCUT2D eigenvalue weighted by atomic mass is 10.2. The summed E-state index contributed by atoms with van der Waals surface area (Å²) in [6, 6.07) is 10.9. The smallest absolute Gasteiger partial charge is 0.411 e. The molecular formula is C23H29N3O6S. The van der Waals surface area contributed by atoms with Gasteiger partial charge in [-0.15, -0.1) is 0 Å². The first-order chi connectivity index (χ1) is 15.7. The molecule has 0 saturated carbocycles. The summed E-state index contributed by atoms with van der Waals surface area (Å²) in [4.78, 5) is 24.7. The van der Waals surface area contributed by atoms with Crippen molar-refractivity contribution in [3.63, 3.8) is 0 Å². The van der Waals surface area contributed by atoms with E-state index in [1.165, 1.54) is 29.6 Å². The molecule has 33 heavy (non-hydrogen) atoms. The summed E-state index contributed by atoms with van der Waals surface area (Å²) in [7, 11) is -2.38. The largest absolute Gasteiger partial charge is 0.495 e. The van der Waals surface area contributed by atoms with Gasteiger partial charge in [-0.2, -0.15) is 4.31 Å². The Kier molecular flexibility index (Phi) is 7.93. The summed E-state index contributed by atoms with van der Waals surface area (Å²) < 4.78 is 37.8. The Balaban J connectivity index is 1.76. The maximum absolute atomic E-state index is 13.1. The normalized spacial score (nSPS) is 14.2. The van der Waals surface area contributed by atoms with Crippen LogP contribution in [0.1, 0.15) is 37.0 Å². The molecule has 2 aromatic carbocycles. The van der Waals surface area contributed by atoms with Gasteiger partial charge in [0.05, 0.1) is 13.7 Å². The zero-order valence-electron chi connectivity index (χ0n) is 19.0. The van der Waals surface area contributed by atoms with Gasteiger partial charge in [0.25, 0.3) is 5.91 Å². The van der Waals surface area contributed by atoms with Crippen LogP contribution in [-0.2, 0) is 14.8 Å². The van der Waals surface area contributed by atoms with Crippen molar-refractivity contribution in [2.45, 2.75) is 31.6 Å². The molecule has 2 aromatic rings. The van der Waals surface area contributed by atoms with E-state index in [1.807, 2.05) is 13.8 Å². The summed E-state index contributed by atoms with van der Waals surface area (Å²) in [5.41, 5.74) is 1.05. The van der Waals surface area contributed by atoms with Gasteiger partial charge in [-0.05, 0) is 55.2 Å². The van der Waals surface area contributed by atoms with Gasteiger partial charge in [-0.3, -0.25) is 10.1 Å². The summed E-state index contributed by atoms with van der Waals surface area (Å²) in [6.45, 7) is 5.06. The van der Waals surface area contributed by atoms with Crippen LogP contribution in [-0.4, -0.2) is 51.5 Å². The fraction of sp³-hybridized carbons (Fsp3) is 0.391. The third kappa shape index (κ3) is 6.23. The lowest BCUT2D eigenvalue weighted by molar-refractivity contribution is 0.102. The van der Waals surface area contributed by atoms with Gasteiger partial charge in [0.15, 0.2) is 0 Å². The second kappa shape index (κ2) is 10.7. The molecule has 1 aliphatic heterocycles. The molecular weight excluding hydrogens is 446 g/mol. The zero-order chi connectivity index (χ0) is 24.0. The lowest BCUT2D eigenvalue weighted by Crippen LogP contribution is -2.28. The minimum Gasteiger partial charge on any atom is -0.495 e. The molecule has 2 amide bonds. The van der Waals surface area contributed by atoms with Crippen LogP contribution in [0, 0.1) is 5.92 Å². The summed E-state index contributed by atoms with van der Waals surface area (Å²) in [6.07, 6.45) is 1.02. The summed E-state index contributed by atoms with van der Waals surface area (Å²) in [5, 5.41) is 5.34. The standard InChI is InChI=1S/C23H29N3O6S/c1-16(2)15-32-23(28)25-19-8-6-7-18(14-19)24-22(27)17-9-10-20(31-3)21(13-17)33(29,30)26-11-4-5-12-26/h6-10,13-14,16H,4-5,11-12,15H2,1-3H3,(H,24,27)(H,25,28). The number of nitrogens with one attached hydrogen (secondary N) is 2. The van der Waals surface area contributed by atoms with Crippen molar-refractivity contribution in [2.75, 3.05) is 37.4 Å². The first-order valence-electron chi connectivity index (χ1n) is 10.7. The van der Waals surface area contributed by atoms with Crippen molar-refractivity contribution in [1.29, 1.82) is 0 Å². The van der Waals surface area contributed by atoms with E-state index in [4.69, 9.17) is 9.47 Å². The van der Waals surface area contributed by atoms with Gasteiger partial charge >= 0.3 is 6.09 Å². The summed E-state index contributed by atoms with van der Waals surface area (Å²) in [5.74, 6) is -0.0929. The third-order valence-corrected chi connectivity index (χ3v) is 6.94. The number of carbonyl (C=O) groups excluding carboxylic acids is 2. The quantitative estimate of drug-likeness (QED) is 0.598. The molecule has 1 aliphatic rings. The number of ether oxygens (including phenoxy) is 2. The van der Waals surface area contributed by atoms with Crippen molar-refractivity contribution in [2.24, 2.45) is 5.92 Å². The van der Waals surface area contributed by atoms with Crippen molar-refractivity contribution in [3.05, 3.63) is 48.0 Å². The molecule has 1 saturated heterocycles. The van der Waals surface area contributed by atoms with Crippen LogP contribution in [0.4, 0.5) is 16.2 Å². The molecule has 0 aromatic heterocycles. The van der Waals surface area contributed by atoms with Gasteiger partial charge in [0.2, 0.25) is 10.0 Å². The van der Waals surface area contributed by atoms with E-state index < -0.39 is 22.0 Å². The number of amides is 2. The number of anilines is 2. The van der Waals surface area contributed by atoms with Crippen LogP contribution in [0.25, 0.3) is 0 Å². The summed E-state index contributed by atoms with van der Waals surface area (Å²) >= 11 is 0. The van der Waals surface area contributed by atoms with E-state index >= 15 is 0 Å². The van der Waals surface area contributed by atoms with Gasteiger partial charge in [0, 0.05) is 30.0 Å². The zero-order valence-corrected chi connectivity index (χ0v) is 19.8. The number of sulfonamides is 1. The highest BCUT2D eigenvalue weighted by molar-refractivity contribution is 7.89. The van der Waals surface area contributed by atoms with E-state index in [2.05, 4.69) is 10.6 Å². The predicted molar refractivity (Wildman–Crippen MR) is 125 cm³/mol. The van der Waals surface area contributed by atoms with Crippen molar-refractivity contribution < 1.29 is 27.5 Å². The van der Waals surface area contributed by atoms with Crippen molar-refractivity contribution in [3.8, 4) is 5.75 Å². The highest BCUT2D eigenvalue weighted by atomic mass is 32.2. The van der Waals surface area contributed by atoms with Crippen LogP contribution in [0.2, 0.25) is 0 Å². The molecule has 0 atom stereocenters. The molecule has 2 N–H and O–H groups in total. The maximum Gasteiger partial charge on any atom is 0.411 e. The Morgan fingerprint density at radius 1 is 1.03 bits per heavy atom. The lowest BCUT2D eigenvalue weighted by Gasteiger charge is -2.18. The minimum absolute atomic E-state index is 0.0390. The van der Waals surface area contributed by atoms with Crippen molar-refractivity contribution in [1.82, 2.24) is 4.31 Å². The Morgan fingerprint density at radius 2 is 1.70 bits per heavy atom. The Bertz CT molecular complexity index is 1110. The van der Waals surface area contributed by atoms with E-state index in [0.29, 0.717) is 31.1 Å². The van der Waals surface area contributed by atoms with Gasteiger partial charge < -0.3 is 14.8 Å². The number of hydrogen-bond donors (Lipinski definition) is 2. The van der Waals surface area contributed by atoms with E-state index in [9.17, 15) is 18.0 Å². The number of nitrogens with zero attached hydrogens (tertiary/aromatic N) is 1. The number of benzene rings is 2. The highest BCUT2D eigenvalue weighted by Gasteiger charge is 2.30. The SMILES string of the molecule is COc1ccc(C(=O)Nc2cccc(NC(=O)OCC(C)C)c2)cc1S(=O)(=O)N1CCCC1. The van der Waals surface area contributed by atoms with Crippen LogP contribution in [0.15, 0.2) is 47.4 Å². The molecule has 10 heteroatoms.